The van der Waals surface area contributed by atoms with Gasteiger partial charge in [-0.05, 0) is 48.6 Å². The van der Waals surface area contributed by atoms with Crippen molar-refractivity contribution in [1.29, 1.82) is 0 Å². The number of aliphatic hydroxyl groups excluding tert-OH is 1. The summed E-state index contributed by atoms with van der Waals surface area (Å²) in [5.41, 5.74) is 1.66. The molecule has 0 bridgehead atoms. The van der Waals surface area contributed by atoms with Crippen molar-refractivity contribution >= 4 is 39.1 Å². The first kappa shape index (κ1) is 22.1. The van der Waals surface area contributed by atoms with E-state index in [4.69, 9.17) is 11.6 Å². The number of nitrogens with zero attached hydrogens (tertiary/aromatic N) is 2. The van der Waals surface area contributed by atoms with Crippen LogP contribution in [0.2, 0.25) is 5.02 Å². The van der Waals surface area contributed by atoms with Gasteiger partial charge < -0.3 is 10.4 Å². The number of amides is 1. The van der Waals surface area contributed by atoms with Crippen LogP contribution in [0.15, 0.2) is 30.3 Å². The summed E-state index contributed by atoms with van der Waals surface area (Å²) in [5.74, 6) is 0.541. The second-order valence-corrected chi connectivity index (χ2v) is 10.7. The van der Waals surface area contributed by atoms with Crippen LogP contribution in [0.4, 0.5) is 0 Å². The Morgan fingerprint density at radius 3 is 2.72 bits per heavy atom. The molecule has 2 heterocycles. The van der Waals surface area contributed by atoms with Crippen molar-refractivity contribution in [2.75, 3.05) is 30.1 Å². The summed E-state index contributed by atoms with van der Waals surface area (Å²) < 4.78 is 25.6. The SMILES string of the molecule is CSCC[C@H](CO)NC(=O)c1cc(-c2ccc(Cl)cc2)n([C@@H]2CCS(=O)(=O)C2)n1. The van der Waals surface area contributed by atoms with Crippen LogP contribution in [0.25, 0.3) is 11.3 Å². The number of aromatic nitrogens is 2. The van der Waals surface area contributed by atoms with Crippen molar-refractivity contribution in [3.8, 4) is 11.3 Å². The fraction of sp³-hybridized carbons (Fsp3) is 0.474. The lowest BCUT2D eigenvalue weighted by Crippen LogP contribution is -2.38. The van der Waals surface area contributed by atoms with Crippen LogP contribution in [-0.4, -0.2) is 65.4 Å². The van der Waals surface area contributed by atoms with Gasteiger partial charge in [-0.15, -0.1) is 0 Å². The van der Waals surface area contributed by atoms with Crippen molar-refractivity contribution in [2.45, 2.75) is 24.9 Å². The van der Waals surface area contributed by atoms with E-state index in [0.717, 1.165) is 11.3 Å². The van der Waals surface area contributed by atoms with Gasteiger partial charge in [-0.3, -0.25) is 9.48 Å². The third-order valence-electron chi connectivity index (χ3n) is 4.89. The first-order valence-corrected chi connectivity index (χ1v) is 12.9. The fourth-order valence-corrected chi connectivity index (χ4v) is 5.65. The summed E-state index contributed by atoms with van der Waals surface area (Å²) >= 11 is 7.62. The van der Waals surface area contributed by atoms with Crippen molar-refractivity contribution in [2.24, 2.45) is 0 Å². The highest BCUT2D eigenvalue weighted by molar-refractivity contribution is 7.98. The van der Waals surface area contributed by atoms with Gasteiger partial charge in [-0.1, -0.05) is 23.7 Å². The van der Waals surface area contributed by atoms with E-state index >= 15 is 0 Å². The summed E-state index contributed by atoms with van der Waals surface area (Å²) in [7, 11) is -3.11. The Hall–Kier alpha value is -1.55. The maximum Gasteiger partial charge on any atom is 0.272 e. The number of nitrogens with one attached hydrogen (secondary N) is 1. The average molecular weight is 458 g/mol. The first-order valence-electron chi connectivity index (χ1n) is 9.29. The molecule has 1 fully saturated rings. The number of benzene rings is 1. The Kier molecular flexibility index (Phi) is 7.26. The smallest absolute Gasteiger partial charge is 0.272 e. The highest BCUT2D eigenvalue weighted by atomic mass is 35.5. The number of hydrogen-bond donors (Lipinski definition) is 2. The van der Waals surface area contributed by atoms with Crippen LogP contribution in [-0.2, 0) is 9.84 Å². The molecule has 0 spiro atoms. The lowest BCUT2D eigenvalue weighted by atomic mass is 10.1. The van der Waals surface area contributed by atoms with Crippen LogP contribution in [0.5, 0.6) is 0 Å². The van der Waals surface area contributed by atoms with Crippen molar-refractivity contribution in [1.82, 2.24) is 15.1 Å². The van der Waals surface area contributed by atoms with E-state index in [1.807, 2.05) is 18.4 Å². The molecule has 3 rings (SSSR count). The van der Waals surface area contributed by atoms with Crippen LogP contribution >= 0.6 is 23.4 Å². The van der Waals surface area contributed by atoms with Crippen LogP contribution in [0.1, 0.15) is 29.4 Å². The zero-order chi connectivity index (χ0) is 21.0. The highest BCUT2D eigenvalue weighted by Gasteiger charge is 2.32. The molecular weight excluding hydrogens is 434 g/mol. The molecule has 1 aliphatic heterocycles. The molecule has 0 aliphatic carbocycles. The van der Waals surface area contributed by atoms with Crippen molar-refractivity contribution < 1.29 is 18.3 Å². The van der Waals surface area contributed by atoms with E-state index in [1.165, 1.54) is 0 Å². The van der Waals surface area contributed by atoms with Gasteiger partial charge in [0.25, 0.3) is 5.91 Å². The molecule has 158 valence electrons. The fourth-order valence-electron chi connectivity index (χ4n) is 3.32. The molecule has 1 aromatic carbocycles. The zero-order valence-corrected chi connectivity index (χ0v) is 18.4. The second-order valence-electron chi connectivity index (χ2n) is 7.06. The van der Waals surface area contributed by atoms with Gasteiger partial charge in [0, 0.05) is 5.02 Å². The third kappa shape index (κ3) is 5.53. The molecule has 1 aliphatic rings. The zero-order valence-electron chi connectivity index (χ0n) is 16.0. The molecule has 1 saturated heterocycles. The van der Waals surface area contributed by atoms with E-state index in [9.17, 15) is 18.3 Å². The number of sulfone groups is 1. The molecule has 2 N–H and O–H groups in total. The molecule has 1 amide bonds. The largest absolute Gasteiger partial charge is 0.394 e. The molecule has 10 heteroatoms. The minimum absolute atomic E-state index is 0.00329. The third-order valence-corrected chi connectivity index (χ3v) is 7.53. The molecular formula is C19H24ClN3O4S2. The summed E-state index contributed by atoms with van der Waals surface area (Å²) in [6, 6.07) is 8.09. The summed E-state index contributed by atoms with van der Waals surface area (Å²) in [5, 5.41) is 17.4. The quantitative estimate of drug-likeness (QED) is 0.631. The first-order chi connectivity index (χ1) is 13.8. The van der Waals surface area contributed by atoms with Crippen LogP contribution in [0.3, 0.4) is 0 Å². The Morgan fingerprint density at radius 1 is 1.41 bits per heavy atom. The van der Waals surface area contributed by atoms with Crippen molar-refractivity contribution in [3.63, 3.8) is 0 Å². The number of carbonyl (C=O) groups is 1. The maximum atomic E-state index is 12.7. The minimum Gasteiger partial charge on any atom is -0.394 e. The molecule has 0 unspecified atom stereocenters. The Bertz CT molecular complexity index is 960. The van der Waals surface area contributed by atoms with Crippen LogP contribution < -0.4 is 5.32 Å². The van der Waals surface area contributed by atoms with E-state index in [2.05, 4.69) is 10.4 Å². The van der Waals surface area contributed by atoms with Gasteiger partial charge in [0.1, 0.15) is 0 Å². The second kappa shape index (κ2) is 9.51. The number of thioether (sulfide) groups is 1. The Balaban J connectivity index is 1.91. The Morgan fingerprint density at radius 2 is 2.14 bits per heavy atom. The standard InChI is InChI=1S/C19H24ClN3O4S2/c1-28-8-6-15(11-24)21-19(25)17-10-18(13-2-4-14(20)5-3-13)23(22-17)16-7-9-29(26,27)12-16/h2-5,10,15-16,24H,6-9,11-12H2,1H3,(H,21,25)/t15-,16-/m1/s1. The van der Waals surface area contributed by atoms with E-state index in [0.29, 0.717) is 23.6 Å². The molecule has 29 heavy (non-hydrogen) atoms. The number of rotatable bonds is 8. The molecule has 0 radical (unpaired) electrons. The number of carbonyl (C=O) groups excluding carboxylic acids is 1. The number of aliphatic hydroxyl groups is 1. The highest BCUT2D eigenvalue weighted by Crippen LogP contribution is 2.30. The van der Waals surface area contributed by atoms with Gasteiger partial charge in [0.15, 0.2) is 15.5 Å². The Labute approximate surface area is 179 Å². The molecule has 2 aromatic rings. The van der Waals surface area contributed by atoms with Gasteiger partial charge in [0.05, 0.1) is 35.9 Å². The molecule has 0 saturated carbocycles. The number of hydrogen-bond acceptors (Lipinski definition) is 6. The summed E-state index contributed by atoms with van der Waals surface area (Å²) in [6.45, 7) is -0.155. The summed E-state index contributed by atoms with van der Waals surface area (Å²) in [4.78, 5) is 12.7. The molecule has 2 atom stereocenters. The average Bonchev–Trinajstić information content (AvgIpc) is 3.29. The van der Waals surface area contributed by atoms with E-state index < -0.39 is 9.84 Å². The van der Waals surface area contributed by atoms with Crippen molar-refractivity contribution in [3.05, 3.63) is 41.0 Å². The van der Waals surface area contributed by atoms with E-state index in [-0.39, 0.29) is 41.8 Å². The van der Waals surface area contributed by atoms with Crippen LogP contribution in [0, 0.1) is 0 Å². The predicted molar refractivity (Wildman–Crippen MR) is 116 cm³/mol. The topological polar surface area (TPSA) is 101 Å². The maximum absolute atomic E-state index is 12.7. The number of halogens is 1. The lowest BCUT2D eigenvalue weighted by Gasteiger charge is -2.15. The normalized spacial score (nSPS) is 19.2. The monoisotopic (exact) mass is 457 g/mol. The van der Waals surface area contributed by atoms with Gasteiger partial charge in [-0.25, -0.2) is 8.42 Å². The lowest BCUT2D eigenvalue weighted by molar-refractivity contribution is 0.0909. The van der Waals surface area contributed by atoms with Gasteiger partial charge >= 0.3 is 0 Å². The van der Waals surface area contributed by atoms with E-state index in [1.54, 1.807) is 34.6 Å². The van der Waals surface area contributed by atoms with Gasteiger partial charge in [-0.2, -0.15) is 16.9 Å². The minimum atomic E-state index is -3.11. The molecule has 1 aromatic heterocycles. The molecule has 7 nitrogen and oxygen atoms in total. The van der Waals surface area contributed by atoms with Gasteiger partial charge in [0.2, 0.25) is 0 Å². The summed E-state index contributed by atoms with van der Waals surface area (Å²) in [6.07, 6.45) is 3.07. The predicted octanol–water partition coefficient (Wildman–Crippen LogP) is 2.41.